The summed E-state index contributed by atoms with van der Waals surface area (Å²) in [5, 5.41) is 4.53. The van der Waals surface area contributed by atoms with E-state index in [1.165, 1.54) is 17.7 Å². The molecular weight excluding hydrogens is 294 g/mol. The summed E-state index contributed by atoms with van der Waals surface area (Å²) >= 11 is 5.56. The number of nitrogens with one attached hydrogen (secondary N) is 1. The molecule has 1 aliphatic rings. The predicted molar refractivity (Wildman–Crippen MR) is 80.8 cm³/mol. The maximum atomic E-state index is 3.76. The Morgan fingerprint density at radius 1 is 1.41 bits per heavy atom. The molecule has 0 bridgehead atoms. The molecular formula is C14H20BrNS. The number of hydrogen-bond donors (Lipinski definition) is 1. The van der Waals surface area contributed by atoms with Crippen LogP contribution in [0.4, 0.5) is 0 Å². The Hall–Kier alpha value is 0.01000. The molecule has 1 aromatic rings. The van der Waals surface area contributed by atoms with Crippen molar-refractivity contribution in [3.63, 3.8) is 0 Å². The average molecular weight is 314 g/mol. The van der Waals surface area contributed by atoms with Crippen LogP contribution < -0.4 is 5.32 Å². The Labute approximate surface area is 117 Å². The van der Waals surface area contributed by atoms with Crippen molar-refractivity contribution >= 4 is 27.7 Å². The second-order valence-corrected chi connectivity index (χ2v) is 7.27. The lowest BCUT2D eigenvalue weighted by atomic mass is 10.1. The van der Waals surface area contributed by atoms with E-state index in [-0.39, 0.29) is 0 Å². The molecule has 1 saturated heterocycles. The highest BCUT2D eigenvalue weighted by atomic mass is 79.9. The Morgan fingerprint density at radius 3 is 2.71 bits per heavy atom. The van der Waals surface area contributed by atoms with Crippen LogP contribution in [0.25, 0.3) is 0 Å². The molecule has 94 valence electrons. The number of thioether (sulfide) groups is 1. The van der Waals surface area contributed by atoms with Gasteiger partial charge in [0, 0.05) is 21.8 Å². The molecule has 0 saturated carbocycles. The molecule has 0 aromatic heterocycles. The van der Waals surface area contributed by atoms with Crippen LogP contribution in [0.1, 0.15) is 25.8 Å². The van der Waals surface area contributed by atoms with E-state index in [0.29, 0.717) is 12.1 Å². The van der Waals surface area contributed by atoms with Crippen molar-refractivity contribution in [2.24, 2.45) is 0 Å². The van der Waals surface area contributed by atoms with Crippen molar-refractivity contribution in [2.75, 3.05) is 5.75 Å². The van der Waals surface area contributed by atoms with Gasteiger partial charge in [-0.3, -0.25) is 0 Å². The SMILES string of the molecule is CC(Cc1ccc(Br)cc1)NC1CCSC1C. The van der Waals surface area contributed by atoms with Gasteiger partial charge in [-0.2, -0.15) is 11.8 Å². The quantitative estimate of drug-likeness (QED) is 0.905. The van der Waals surface area contributed by atoms with Gasteiger partial charge < -0.3 is 5.32 Å². The number of benzene rings is 1. The molecule has 1 fully saturated rings. The molecule has 1 N–H and O–H groups in total. The zero-order chi connectivity index (χ0) is 12.3. The summed E-state index contributed by atoms with van der Waals surface area (Å²) in [6, 6.07) is 9.91. The molecule has 0 spiro atoms. The van der Waals surface area contributed by atoms with Crippen LogP contribution in [-0.4, -0.2) is 23.1 Å². The van der Waals surface area contributed by atoms with Crippen LogP contribution in [0.2, 0.25) is 0 Å². The van der Waals surface area contributed by atoms with Gasteiger partial charge in [0.1, 0.15) is 0 Å². The van der Waals surface area contributed by atoms with Crippen molar-refractivity contribution in [1.29, 1.82) is 0 Å². The van der Waals surface area contributed by atoms with E-state index in [1.807, 2.05) is 0 Å². The van der Waals surface area contributed by atoms with E-state index in [0.717, 1.165) is 16.1 Å². The van der Waals surface area contributed by atoms with Gasteiger partial charge in [-0.15, -0.1) is 0 Å². The fraction of sp³-hybridized carbons (Fsp3) is 0.571. The van der Waals surface area contributed by atoms with Gasteiger partial charge in [-0.25, -0.2) is 0 Å². The third-order valence-electron chi connectivity index (χ3n) is 3.33. The molecule has 0 radical (unpaired) electrons. The van der Waals surface area contributed by atoms with Gasteiger partial charge in [0.25, 0.3) is 0 Å². The van der Waals surface area contributed by atoms with Crippen LogP contribution >= 0.6 is 27.7 Å². The second-order valence-electron chi connectivity index (χ2n) is 4.87. The lowest BCUT2D eigenvalue weighted by Gasteiger charge is -2.22. The van der Waals surface area contributed by atoms with Crippen LogP contribution in [0.3, 0.4) is 0 Å². The van der Waals surface area contributed by atoms with E-state index < -0.39 is 0 Å². The first-order chi connectivity index (χ1) is 8.15. The topological polar surface area (TPSA) is 12.0 Å². The summed E-state index contributed by atoms with van der Waals surface area (Å²) in [6.45, 7) is 4.62. The van der Waals surface area contributed by atoms with Crippen molar-refractivity contribution in [3.8, 4) is 0 Å². The summed E-state index contributed by atoms with van der Waals surface area (Å²) < 4.78 is 1.16. The maximum Gasteiger partial charge on any atom is 0.0194 e. The van der Waals surface area contributed by atoms with Crippen molar-refractivity contribution in [3.05, 3.63) is 34.3 Å². The van der Waals surface area contributed by atoms with Gasteiger partial charge in [0.15, 0.2) is 0 Å². The minimum absolute atomic E-state index is 0.558. The fourth-order valence-electron chi connectivity index (χ4n) is 2.35. The normalized spacial score (nSPS) is 26.1. The summed E-state index contributed by atoms with van der Waals surface area (Å²) in [6.07, 6.45) is 2.43. The molecule has 0 amide bonds. The molecule has 1 aromatic carbocycles. The first-order valence-corrected chi connectivity index (χ1v) is 8.11. The summed E-state index contributed by atoms with van der Waals surface area (Å²) in [7, 11) is 0. The summed E-state index contributed by atoms with van der Waals surface area (Å²) in [5.41, 5.74) is 1.41. The first-order valence-electron chi connectivity index (χ1n) is 6.27. The van der Waals surface area contributed by atoms with E-state index >= 15 is 0 Å². The lowest BCUT2D eigenvalue weighted by molar-refractivity contribution is 0.442. The highest BCUT2D eigenvalue weighted by Crippen LogP contribution is 2.26. The molecule has 3 atom stereocenters. The number of hydrogen-bond acceptors (Lipinski definition) is 2. The van der Waals surface area contributed by atoms with E-state index in [1.54, 1.807) is 0 Å². The van der Waals surface area contributed by atoms with E-state index in [2.05, 4.69) is 71.1 Å². The van der Waals surface area contributed by atoms with Crippen molar-refractivity contribution in [1.82, 2.24) is 5.32 Å². The summed E-state index contributed by atoms with van der Waals surface area (Å²) in [5.74, 6) is 1.31. The highest BCUT2D eigenvalue weighted by molar-refractivity contribution is 9.10. The third-order valence-corrected chi connectivity index (χ3v) is 5.18. The molecule has 1 nitrogen and oxygen atoms in total. The molecule has 17 heavy (non-hydrogen) atoms. The van der Waals surface area contributed by atoms with Gasteiger partial charge in [-0.1, -0.05) is 35.0 Å². The monoisotopic (exact) mass is 313 g/mol. The Kier molecular flexibility index (Phi) is 4.95. The number of rotatable bonds is 4. The van der Waals surface area contributed by atoms with E-state index in [9.17, 15) is 0 Å². The second kappa shape index (κ2) is 6.26. The largest absolute Gasteiger partial charge is 0.310 e. The van der Waals surface area contributed by atoms with Gasteiger partial charge in [0.05, 0.1) is 0 Å². The molecule has 1 aliphatic heterocycles. The Morgan fingerprint density at radius 2 is 2.12 bits per heavy atom. The standard InChI is InChI=1S/C14H20BrNS/c1-10(16-14-7-8-17-11(14)2)9-12-3-5-13(15)6-4-12/h3-6,10-11,14,16H,7-9H2,1-2H3. The minimum Gasteiger partial charge on any atom is -0.310 e. The molecule has 0 aliphatic carbocycles. The summed E-state index contributed by atoms with van der Waals surface area (Å²) in [4.78, 5) is 0. The number of halogens is 1. The van der Waals surface area contributed by atoms with Crippen molar-refractivity contribution in [2.45, 2.75) is 44.0 Å². The molecule has 3 unspecified atom stereocenters. The maximum absolute atomic E-state index is 3.76. The molecule has 3 heteroatoms. The Balaban J connectivity index is 1.84. The van der Waals surface area contributed by atoms with Crippen LogP contribution in [0.5, 0.6) is 0 Å². The van der Waals surface area contributed by atoms with Crippen LogP contribution in [0, 0.1) is 0 Å². The van der Waals surface area contributed by atoms with E-state index in [4.69, 9.17) is 0 Å². The molecule has 2 rings (SSSR count). The predicted octanol–water partition coefficient (Wildman–Crippen LogP) is 3.86. The smallest absolute Gasteiger partial charge is 0.0194 e. The zero-order valence-corrected chi connectivity index (χ0v) is 12.9. The van der Waals surface area contributed by atoms with Crippen molar-refractivity contribution < 1.29 is 0 Å². The van der Waals surface area contributed by atoms with Gasteiger partial charge in [-0.05, 0) is 43.2 Å². The third kappa shape index (κ3) is 4.01. The zero-order valence-electron chi connectivity index (χ0n) is 10.4. The average Bonchev–Trinajstić information content (AvgIpc) is 2.68. The lowest BCUT2D eigenvalue weighted by Crippen LogP contribution is -2.40. The first kappa shape index (κ1) is 13.4. The van der Waals surface area contributed by atoms with Crippen LogP contribution in [0.15, 0.2) is 28.7 Å². The minimum atomic E-state index is 0.558. The fourth-order valence-corrected chi connectivity index (χ4v) is 3.82. The van der Waals surface area contributed by atoms with Crippen LogP contribution in [-0.2, 0) is 6.42 Å². The highest BCUT2D eigenvalue weighted by Gasteiger charge is 2.24. The Bertz CT molecular complexity index is 352. The van der Waals surface area contributed by atoms with Gasteiger partial charge in [0.2, 0.25) is 0 Å². The molecule has 1 heterocycles. The van der Waals surface area contributed by atoms with Gasteiger partial charge >= 0.3 is 0 Å².